The van der Waals surface area contributed by atoms with Crippen molar-refractivity contribution in [3.8, 4) is 0 Å². The van der Waals surface area contributed by atoms with Gasteiger partial charge in [-0.05, 0) is 73.5 Å². The molecule has 0 aliphatic rings. The fraction of sp³-hybridized carbons (Fsp3) is 0.333. The molecule has 2 N–H and O–H groups in total. The van der Waals surface area contributed by atoms with Crippen LogP contribution in [0, 0.1) is 24.3 Å². The second-order valence-electron chi connectivity index (χ2n) is 5.81. The number of hydrogen-bond acceptors (Lipinski definition) is 4. The molecular weight excluding hydrogens is 419 g/mol. The zero-order valence-electron chi connectivity index (χ0n) is 14.4. The predicted molar refractivity (Wildman–Crippen MR) is 103 cm³/mol. The van der Waals surface area contributed by atoms with Crippen LogP contribution in [0.25, 0.3) is 0 Å². The third-order valence-electron chi connectivity index (χ3n) is 4.02. The lowest BCUT2D eigenvalue weighted by Gasteiger charge is -2.15. The molecule has 2 aromatic rings. The summed E-state index contributed by atoms with van der Waals surface area (Å²) in [5.41, 5.74) is 4.21. The Kier molecular flexibility index (Phi) is 5.69. The topological polar surface area (TPSA) is 71.2 Å². The van der Waals surface area contributed by atoms with Crippen LogP contribution in [-0.4, -0.2) is 29.9 Å². The largest absolute Gasteiger partial charge is 0.465 e. The van der Waals surface area contributed by atoms with Crippen molar-refractivity contribution in [1.82, 2.24) is 4.98 Å². The second kappa shape index (κ2) is 7.38. The Morgan fingerprint density at radius 3 is 2.50 bits per heavy atom. The van der Waals surface area contributed by atoms with Crippen molar-refractivity contribution in [2.75, 3.05) is 12.4 Å². The van der Waals surface area contributed by atoms with E-state index in [-0.39, 0.29) is 5.78 Å². The molecule has 1 aromatic heterocycles. The summed E-state index contributed by atoms with van der Waals surface area (Å²) >= 11 is 2.27. The molecule has 128 valence electrons. The van der Waals surface area contributed by atoms with Crippen LogP contribution in [0.1, 0.15) is 44.6 Å². The molecule has 0 aliphatic heterocycles. The van der Waals surface area contributed by atoms with Crippen LogP contribution >= 0.6 is 22.6 Å². The summed E-state index contributed by atoms with van der Waals surface area (Å²) < 4.78 is 5.92. The van der Waals surface area contributed by atoms with Crippen LogP contribution in [0.2, 0.25) is 0 Å². The van der Waals surface area contributed by atoms with Crippen molar-refractivity contribution in [3.05, 3.63) is 49.8 Å². The first-order valence-corrected chi connectivity index (χ1v) is 8.68. The fourth-order valence-corrected chi connectivity index (χ4v) is 3.13. The Balaban J connectivity index is 2.25. The molecule has 2 rings (SSSR count). The molecular formula is C18H21IN2O3. The number of benzene rings is 1. The van der Waals surface area contributed by atoms with Gasteiger partial charge < -0.3 is 15.0 Å². The lowest BCUT2D eigenvalue weighted by Crippen LogP contribution is -2.27. The maximum Gasteiger partial charge on any atom is 0.339 e. The number of H-pyrrole nitrogens is 1. The summed E-state index contributed by atoms with van der Waals surface area (Å²) in [6.07, 6.45) is 0. The summed E-state index contributed by atoms with van der Waals surface area (Å²) in [5, 5.41) is 3.22. The molecule has 0 aliphatic carbocycles. The number of ether oxygens (including phenoxy) is 1. The SMILES string of the molecule is COC(=O)c1c(C)[nH]c(C(=O)C(C)Nc2ccc(C)c(I)c2)c1C. The van der Waals surface area contributed by atoms with Crippen molar-refractivity contribution < 1.29 is 14.3 Å². The highest BCUT2D eigenvalue weighted by Crippen LogP contribution is 2.22. The van der Waals surface area contributed by atoms with Crippen LogP contribution in [0.4, 0.5) is 5.69 Å². The highest BCUT2D eigenvalue weighted by Gasteiger charge is 2.25. The minimum Gasteiger partial charge on any atom is -0.465 e. The van der Waals surface area contributed by atoms with Gasteiger partial charge in [0.2, 0.25) is 5.78 Å². The number of carbonyl (C=O) groups excluding carboxylic acids is 2. The van der Waals surface area contributed by atoms with Gasteiger partial charge in [0.25, 0.3) is 0 Å². The van der Waals surface area contributed by atoms with Crippen molar-refractivity contribution >= 4 is 40.0 Å². The molecule has 0 amide bonds. The zero-order valence-corrected chi connectivity index (χ0v) is 16.6. The standard InChI is InChI=1S/C18H21IN2O3/c1-9-6-7-13(8-14(9)19)20-12(4)17(22)16-10(2)15(11(3)21-16)18(23)24-5/h6-8,12,20-21H,1-5H3. The van der Waals surface area contributed by atoms with Gasteiger partial charge in [0.1, 0.15) is 0 Å². The summed E-state index contributed by atoms with van der Waals surface area (Å²) in [5.74, 6) is -0.532. The molecule has 0 spiro atoms. The van der Waals surface area contributed by atoms with Gasteiger partial charge in [-0.2, -0.15) is 0 Å². The van der Waals surface area contributed by atoms with Gasteiger partial charge in [0, 0.05) is 15.0 Å². The number of Topliss-reactive ketones (excluding diaryl/α,β-unsaturated/α-hetero) is 1. The van der Waals surface area contributed by atoms with Crippen LogP contribution in [0.3, 0.4) is 0 Å². The molecule has 1 heterocycles. The molecule has 1 aromatic carbocycles. The number of carbonyl (C=O) groups is 2. The molecule has 0 bridgehead atoms. The maximum atomic E-state index is 12.8. The number of nitrogens with one attached hydrogen (secondary N) is 2. The minimum absolute atomic E-state index is 0.0960. The number of rotatable bonds is 5. The monoisotopic (exact) mass is 440 g/mol. The van der Waals surface area contributed by atoms with Crippen molar-refractivity contribution in [1.29, 1.82) is 0 Å². The van der Waals surface area contributed by atoms with E-state index in [2.05, 4.69) is 32.9 Å². The third-order valence-corrected chi connectivity index (χ3v) is 5.18. The Labute approximate surface area is 155 Å². The van der Waals surface area contributed by atoms with Crippen LogP contribution < -0.4 is 5.32 Å². The smallest absolute Gasteiger partial charge is 0.339 e. The first kappa shape index (κ1) is 18.5. The molecule has 24 heavy (non-hydrogen) atoms. The normalized spacial score (nSPS) is 11.9. The highest BCUT2D eigenvalue weighted by molar-refractivity contribution is 14.1. The predicted octanol–water partition coefficient (Wildman–Crippen LogP) is 4.01. The van der Waals surface area contributed by atoms with Gasteiger partial charge in [0.05, 0.1) is 24.4 Å². The number of aromatic amines is 1. The summed E-state index contributed by atoms with van der Waals surface area (Å²) in [4.78, 5) is 27.6. The first-order chi connectivity index (χ1) is 11.3. The van der Waals surface area contributed by atoms with E-state index in [1.807, 2.05) is 32.0 Å². The van der Waals surface area contributed by atoms with Gasteiger partial charge in [-0.25, -0.2) is 4.79 Å². The average molecular weight is 440 g/mol. The van der Waals surface area contributed by atoms with E-state index < -0.39 is 12.0 Å². The number of halogens is 1. The van der Waals surface area contributed by atoms with E-state index in [0.29, 0.717) is 22.5 Å². The van der Waals surface area contributed by atoms with Crippen LogP contribution in [0.5, 0.6) is 0 Å². The lowest BCUT2D eigenvalue weighted by atomic mass is 10.0. The van der Waals surface area contributed by atoms with E-state index in [1.165, 1.54) is 12.7 Å². The minimum atomic E-state index is -0.436. The molecule has 1 atom stereocenters. The maximum absolute atomic E-state index is 12.8. The molecule has 6 heteroatoms. The van der Waals surface area contributed by atoms with Gasteiger partial charge in [0.15, 0.2) is 0 Å². The molecule has 0 saturated heterocycles. The van der Waals surface area contributed by atoms with Crippen molar-refractivity contribution in [2.24, 2.45) is 0 Å². The summed E-state index contributed by atoms with van der Waals surface area (Å²) in [7, 11) is 1.33. The number of esters is 1. The number of anilines is 1. The Morgan fingerprint density at radius 1 is 1.25 bits per heavy atom. The van der Waals surface area contributed by atoms with E-state index in [0.717, 1.165) is 9.26 Å². The number of methoxy groups -OCH3 is 1. The quantitative estimate of drug-likeness (QED) is 0.419. The van der Waals surface area contributed by atoms with Gasteiger partial charge in [-0.1, -0.05) is 6.07 Å². The number of aromatic nitrogens is 1. The van der Waals surface area contributed by atoms with Crippen LogP contribution in [0.15, 0.2) is 18.2 Å². The fourth-order valence-electron chi connectivity index (χ4n) is 2.62. The first-order valence-electron chi connectivity index (χ1n) is 7.60. The number of aryl methyl sites for hydroxylation is 2. The molecule has 5 nitrogen and oxygen atoms in total. The van der Waals surface area contributed by atoms with E-state index in [4.69, 9.17) is 4.74 Å². The summed E-state index contributed by atoms with van der Waals surface area (Å²) in [6, 6.07) is 5.55. The summed E-state index contributed by atoms with van der Waals surface area (Å²) in [6.45, 7) is 7.36. The van der Waals surface area contributed by atoms with Gasteiger partial charge in [-0.3, -0.25) is 4.79 Å². The van der Waals surface area contributed by atoms with E-state index in [9.17, 15) is 9.59 Å². The Hall–Kier alpha value is -1.83. The van der Waals surface area contributed by atoms with Crippen molar-refractivity contribution in [3.63, 3.8) is 0 Å². The number of ketones is 1. The van der Waals surface area contributed by atoms with E-state index in [1.54, 1.807) is 13.8 Å². The van der Waals surface area contributed by atoms with Gasteiger partial charge >= 0.3 is 5.97 Å². The van der Waals surface area contributed by atoms with Gasteiger partial charge in [-0.15, -0.1) is 0 Å². The highest BCUT2D eigenvalue weighted by atomic mass is 127. The Morgan fingerprint density at radius 2 is 1.92 bits per heavy atom. The van der Waals surface area contributed by atoms with Crippen LogP contribution in [-0.2, 0) is 4.74 Å². The molecule has 0 radical (unpaired) electrons. The molecule has 1 unspecified atom stereocenters. The molecule has 0 fully saturated rings. The number of hydrogen-bond donors (Lipinski definition) is 2. The average Bonchev–Trinajstić information content (AvgIpc) is 2.84. The lowest BCUT2D eigenvalue weighted by molar-refractivity contribution is 0.0599. The van der Waals surface area contributed by atoms with E-state index >= 15 is 0 Å². The third kappa shape index (κ3) is 3.63. The Bertz CT molecular complexity index is 796. The molecule has 0 saturated carbocycles. The van der Waals surface area contributed by atoms with Crippen molar-refractivity contribution in [2.45, 2.75) is 33.7 Å². The zero-order chi connectivity index (χ0) is 18.0. The second-order valence-corrected chi connectivity index (χ2v) is 6.97.